The molecule has 0 aliphatic heterocycles. The number of carbonyl (C=O) groups excluding carboxylic acids is 1. The Bertz CT molecular complexity index is 255. The van der Waals surface area contributed by atoms with Crippen molar-refractivity contribution in [1.29, 1.82) is 0 Å². The second kappa shape index (κ2) is 4.54. The molecule has 0 aliphatic rings. The van der Waals surface area contributed by atoms with Crippen molar-refractivity contribution in [1.82, 2.24) is 10.2 Å². The molecule has 1 aromatic rings. The topological polar surface area (TPSA) is 45.5 Å². The van der Waals surface area contributed by atoms with Crippen molar-refractivity contribution < 1.29 is 9.21 Å². The highest BCUT2D eigenvalue weighted by Crippen LogP contribution is 1.99. The molecule has 0 aromatic carbocycles. The van der Waals surface area contributed by atoms with E-state index in [2.05, 4.69) is 5.32 Å². The first kappa shape index (κ1) is 9.64. The molecule has 1 N–H and O–H groups in total. The van der Waals surface area contributed by atoms with Crippen LogP contribution in [-0.4, -0.2) is 31.6 Å². The Morgan fingerprint density at radius 3 is 2.92 bits per heavy atom. The lowest BCUT2D eigenvalue weighted by Crippen LogP contribution is -2.35. The number of hydrogen-bond acceptors (Lipinski definition) is 2. The molecule has 4 heteroatoms. The molecule has 1 aromatic heterocycles. The molecule has 4 nitrogen and oxygen atoms in total. The van der Waals surface area contributed by atoms with E-state index in [-0.39, 0.29) is 6.03 Å². The molecular weight excluding hydrogens is 168 g/mol. The number of nitrogens with zero attached hydrogens (tertiary/aromatic N) is 1. The van der Waals surface area contributed by atoms with Crippen LogP contribution in [0.1, 0.15) is 5.76 Å². The van der Waals surface area contributed by atoms with Crippen LogP contribution in [0.3, 0.4) is 0 Å². The van der Waals surface area contributed by atoms with Gasteiger partial charge in [-0.15, -0.1) is 0 Å². The van der Waals surface area contributed by atoms with Crippen LogP contribution in [0.5, 0.6) is 0 Å². The third-order valence-corrected chi connectivity index (χ3v) is 1.63. The summed E-state index contributed by atoms with van der Waals surface area (Å²) in [6.45, 7) is 0.602. The zero-order chi connectivity index (χ0) is 9.68. The summed E-state index contributed by atoms with van der Waals surface area (Å²) < 4.78 is 5.11. The third-order valence-electron chi connectivity index (χ3n) is 1.63. The van der Waals surface area contributed by atoms with E-state index in [4.69, 9.17) is 4.42 Å². The van der Waals surface area contributed by atoms with Gasteiger partial charge in [-0.1, -0.05) is 0 Å². The molecule has 0 spiro atoms. The summed E-state index contributed by atoms with van der Waals surface area (Å²) in [5.74, 6) is 0.888. The van der Waals surface area contributed by atoms with E-state index in [1.54, 1.807) is 20.4 Å². The first-order valence-corrected chi connectivity index (χ1v) is 4.17. The van der Waals surface area contributed by atoms with Crippen LogP contribution >= 0.6 is 0 Å². The number of hydrogen-bond donors (Lipinski definition) is 1. The molecule has 1 rings (SSSR count). The summed E-state index contributed by atoms with van der Waals surface area (Å²) >= 11 is 0. The SMILES string of the molecule is CN(C)C(=O)NCCc1ccco1. The highest BCUT2D eigenvalue weighted by atomic mass is 16.3. The molecule has 0 bridgehead atoms. The van der Waals surface area contributed by atoms with Crippen molar-refractivity contribution in [2.75, 3.05) is 20.6 Å². The Hall–Kier alpha value is -1.45. The summed E-state index contributed by atoms with van der Waals surface area (Å²) in [7, 11) is 3.42. The smallest absolute Gasteiger partial charge is 0.316 e. The van der Waals surface area contributed by atoms with Gasteiger partial charge in [-0.3, -0.25) is 0 Å². The van der Waals surface area contributed by atoms with E-state index >= 15 is 0 Å². The maximum Gasteiger partial charge on any atom is 0.316 e. The molecule has 0 radical (unpaired) electrons. The van der Waals surface area contributed by atoms with Crippen molar-refractivity contribution in [3.05, 3.63) is 24.2 Å². The number of nitrogens with one attached hydrogen (secondary N) is 1. The Kier molecular flexibility index (Phi) is 3.37. The van der Waals surface area contributed by atoms with E-state index in [9.17, 15) is 4.79 Å². The van der Waals surface area contributed by atoms with Crippen molar-refractivity contribution in [3.8, 4) is 0 Å². The normalized spacial score (nSPS) is 9.69. The number of amides is 2. The van der Waals surface area contributed by atoms with Gasteiger partial charge in [-0.05, 0) is 12.1 Å². The lowest BCUT2D eigenvalue weighted by Gasteiger charge is -2.10. The summed E-state index contributed by atoms with van der Waals surface area (Å²) in [5.41, 5.74) is 0. The average Bonchev–Trinajstić information content (AvgIpc) is 2.56. The van der Waals surface area contributed by atoms with E-state index in [1.165, 1.54) is 4.90 Å². The van der Waals surface area contributed by atoms with Crippen LogP contribution in [0.4, 0.5) is 4.79 Å². The van der Waals surface area contributed by atoms with E-state index < -0.39 is 0 Å². The van der Waals surface area contributed by atoms with Crippen molar-refractivity contribution in [2.24, 2.45) is 0 Å². The van der Waals surface area contributed by atoms with Gasteiger partial charge in [0.05, 0.1) is 6.26 Å². The van der Waals surface area contributed by atoms with Gasteiger partial charge >= 0.3 is 6.03 Å². The van der Waals surface area contributed by atoms with Gasteiger partial charge in [0.15, 0.2) is 0 Å². The van der Waals surface area contributed by atoms with E-state index in [1.807, 2.05) is 12.1 Å². The average molecular weight is 182 g/mol. The largest absolute Gasteiger partial charge is 0.469 e. The zero-order valence-corrected chi connectivity index (χ0v) is 7.91. The predicted octanol–water partition coefficient (Wildman–Crippen LogP) is 1.09. The van der Waals surface area contributed by atoms with Gasteiger partial charge in [-0.25, -0.2) is 4.79 Å². The van der Waals surface area contributed by atoms with E-state index in [0.717, 1.165) is 12.2 Å². The quantitative estimate of drug-likeness (QED) is 0.760. The van der Waals surface area contributed by atoms with Gasteiger partial charge in [-0.2, -0.15) is 0 Å². The third kappa shape index (κ3) is 3.19. The van der Waals surface area contributed by atoms with Crippen molar-refractivity contribution in [3.63, 3.8) is 0 Å². The Morgan fingerprint density at radius 2 is 2.38 bits per heavy atom. The van der Waals surface area contributed by atoms with Crippen molar-refractivity contribution in [2.45, 2.75) is 6.42 Å². The zero-order valence-electron chi connectivity index (χ0n) is 7.91. The first-order valence-electron chi connectivity index (χ1n) is 4.17. The summed E-state index contributed by atoms with van der Waals surface area (Å²) in [4.78, 5) is 12.6. The second-order valence-corrected chi connectivity index (χ2v) is 2.96. The molecule has 0 aliphatic carbocycles. The lowest BCUT2D eigenvalue weighted by molar-refractivity contribution is 0.217. The summed E-state index contributed by atoms with van der Waals surface area (Å²) in [6.07, 6.45) is 2.36. The Balaban J connectivity index is 2.18. The number of rotatable bonds is 3. The monoisotopic (exact) mass is 182 g/mol. The summed E-state index contributed by atoms with van der Waals surface area (Å²) in [6, 6.07) is 3.65. The number of carbonyl (C=O) groups is 1. The second-order valence-electron chi connectivity index (χ2n) is 2.96. The molecule has 0 fully saturated rings. The maximum absolute atomic E-state index is 11.1. The van der Waals surface area contributed by atoms with Crippen LogP contribution in [0.25, 0.3) is 0 Å². The van der Waals surface area contributed by atoms with Crippen LogP contribution < -0.4 is 5.32 Å². The number of furan rings is 1. The minimum Gasteiger partial charge on any atom is -0.469 e. The highest BCUT2D eigenvalue weighted by molar-refractivity contribution is 5.73. The van der Waals surface area contributed by atoms with Crippen molar-refractivity contribution >= 4 is 6.03 Å². The minimum atomic E-state index is -0.0773. The molecule has 0 atom stereocenters. The molecule has 0 saturated heterocycles. The van der Waals surface area contributed by atoms with Gasteiger partial charge in [0.2, 0.25) is 0 Å². The molecule has 0 saturated carbocycles. The van der Waals surface area contributed by atoms with Crippen LogP contribution in [0, 0.1) is 0 Å². The standard InChI is InChI=1S/C9H14N2O2/c1-11(2)9(12)10-6-5-8-4-3-7-13-8/h3-4,7H,5-6H2,1-2H3,(H,10,12). The lowest BCUT2D eigenvalue weighted by atomic mass is 10.3. The Labute approximate surface area is 77.5 Å². The molecule has 2 amide bonds. The Morgan fingerprint density at radius 1 is 1.62 bits per heavy atom. The van der Waals surface area contributed by atoms with Crippen LogP contribution in [0.2, 0.25) is 0 Å². The molecular formula is C9H14N2O2. The molecule has 1 heterocycles. The van der Waals surface area contributed by atoms with Gasteiger partial charge < -0.3 is 14.6 Å². The first-order chi connectivity index (χ1) is 6.20. The fraction of sp³-hybridized carbons (Fsp3) is 0.444. The van der Waals surface area contributed by atoms with Crippen LogP contribution in [-0.2, 0) is 6.42 Å². The fourth-order valence-corrected chi connectivity index (χ4v) is 0.906. The van der Waals surface area contributed by atoms with Gasteiger partial charge in [0, 0.05) is 27.1 Å². The number of urea groups is 1. The van der Waals surface area contributed by atoms with Gasteiger partial charge in [0.25, 0.3) is 0 Å². The highest BCUT2D eigenvalue weighted by Gasteiger charge is 2.01. The van der Waals surface area contributed by atoms with E-state index in [0.29, 0.717) is 6.54 Å². The predicted molar refractivity (Wildman–Crippen MR) is 49.5 cm³/mol. The molecule has 72 valence electrons. The molecule has 13 heavy (non-hydrogen) atoms. The van der Waals surface area contributed by atoms with Crippen LogP contribution in [0.15, 0.2) is 22.8 Å². The molecule has 0 unspecified atom stereocenters. The maximum atomic E-state index is 11.1. The minimum absolute atomic E-state index is 0.0773. The summed E-state index contributed by atoms with van der Waals surface area (Å²) in [5, 5.41) is 2.75. The fourth-order valence-electron chi connectivity index (χ4n) is 0.906. The van der Waals surface area contributed by atoms with Gasteiger partial charge in [0.1, 0.15) is 5.76 Å².